The number of amides is 1. The van der Waals surface area contributed by atoms with Crippen molar-refractivity contribution in [3.63, 3.8) is 0 Å². The Balaban J connectivity index is 0.00000180. The predicted octanol–water partition coefficient (Wildman–Crippen LogP) is 2.47. The number of halogens is 2. The first-order valence-electron chi connectivity index (χ1n) is 6.37. The molecule has 0 unspecified atom stereocenters. The third kappa shape index (κ3) is 4.93. The Morgan fingerprint density at radius 2 is 2.11 bits per heavy atom. The highest BCUT2D eigenvalue weighted by Gasteiger charge is 2.21. The molecular formula is C14H20ClIN2O. The third-order valence-corrected chi connectivity index (χ3v) is 4.17. The fourth-order valence-corrected chi connectivity index (χ4v) is 2.95. The minimum absolute atomic E-state index is 0. The van der Waals surface area contributed by atoms with Crippen LogP contribution in [0.5, 0.6) is 0 Å². The number of nitrogens with one attached hydrogen (secondary N) is 1. The van der Waals surface area contributed by atoms with E-state index in [4.69, 9.17) is 0 Å². The summed E-state index contributed by atoms with van der Waals surface area (Å²) in [4.78, 5) is 14.2. The highest BCUT2D eigenvalue weighted by Crippen LogP contribution is 2.13. The molecule has 0 aromatic heterocycles. The van der Waals surface area contributed by atoms with E-state index in [1.807, 2.05) is 30.1 Å². The molecule has 19 heavy (non-hydrogen) atoms. The van der Waals surface area contributed by atoms with Gasteiger partial charge in [0.15, 0.2) is 0 Å². The highest BCUT2D eigenvalue weighted by atomic mass is 127. The van der Waals surface area contributed by atoms with Gasteiger partial charge in [0.25, 0.3) is 0 Å². The van der Waals surface area contributed by atoms with Crippen LogP contribution < -0.4 is 5.32 Å². The van der Waals surface area contributed by atoms with E-state index in [1.54, 1.807) is 0 Å². The van der Waals surface area contributed by atoms with Crippen molar-refractivity contribution >= 4 is 40.9 Å². The van der Waals surface area contributed by atoms with Crippen LogP contribution in [0.3, 0.4) is 0 Å². The number of hydrogen-bond donors (Lipinski definition) is 1. The maximum Gasteiger partial charge on any atom is 0.226 e. The zero-order valence-corrected chi connectivity index (χ0v) is 14.0. The molecule has 0 bridgehead atoms. The molecule has 1 aromatic carbocycles. The van der Waals surface area contributed by atoms with E-state index in [0.29, 0.717) is 12.5 Å². The van der Waals surface area contributed by atoms with E-state index in [-0.39, 0.29) is 18.3 Å². The minimum Gasteiger partial charge on any atom is -0.342 e. The first kappa shape index (κ1) is 16.7. The molecule has 1 aliphatic rings. The molecule has 1 amide bonds. The maximum absolute atomic E-state index is 12.2. The molecule has 2 rings (SSSR count). The molecule has 106 valence electrons. The number of rotatable bonds is 3. The van der Waals surface area contributed by atoms with Gasteiger partial charge in [0.05, 0.1) is 6.42 Å². The first-order chi connectivity index (χ1) is 8.66. The van der Waals surface area contributed by atoms with Crippen LogP contribution in [-0.2, 0) is 11.2 Å². The van der Waals surface area contributed by atoms with E-state index in [9.17, 15) is 4.79 Å². The van der Waals surface area contributed by atoms with Crippen molar-refractivity contribution in [1.29, 1.82) is 0 Å². The van der Waals surface area contributed by atoms with Crippen molar-refractivity contribution < 1.29 is 4.79 Å². The molecular weight excluding hydrogens is 375 g/mol. The van der Waals surface area contributed by atoms with Crippen molar-refractivity contribution in [3.8, 4) is 0 Å². The molecule has 5 heteroatoms. The number of carbonyl (C=O) groups excluding carboxylic acids is 1. The van der Waals surface area contributed by atoms with Crippen molar-refractivity contribution in [2.45, 2.75) is 25.3 Å². The monoisotopic (exact) mass is 394 g/mol. The van der Waals surface area contributed by atoms with Gasteiger partial charge in [-0.1, -0.05) is 12.1 Å². The van der Waals surface area contributed by atoms with Crippen LogP contribution in [0.25, 0.3) is 0 Å². The van der Waals surface area contributed by atoms with Crippen molar-refractivity contribution in [2.24, 2.45) is 0 Å². The second-order valence-corrected chi connectivity index (χ2v) is 6.04. The van der Waals surface area contributed by atoms with Gasteiger partial charge < -0.3 is 10.2 Å². The van der Waals surface area contributed by atoms with E-state index in [1.165, 1.54) is 3.57 Å². The number of carbonyl (C=O) groups is 1. The normalized spacial score (nSPS) is 15.7. The number of piperidine rings is 1. The van der Waals surface area contributed by atoms with Crippen LogP contribution in [0.2, 0.25) is 0 Å². The second kappa shape index (κ2) is 8.07. The van der Waals surface area contributed by atoms with Crippen LogP contribution in [0, 0.1) is 3.57 Å². The lowest BCUT2D eigenvalue weighted by Gasteiger charge is -2.31. The summed E-state index contributed by atoms with van der Waals surface area (Å²) in [6.07, 6.45) is 2.64. The van der Waals surface area contributed by atoms with E-state index >= 15 is 0 Å². The Morgan fingerprint density at radius 1 is 1.42 bits per heavy atom. The average Bonchev–Trinajstić information content (AvgIpc) is 2.39. The van der Waals surface area contributed by atoms with Gasteiger partial charge in [-0.15, -0.1) is 12.4 Å². The molecule has 0 radical (unpaired) electrons. The lowest BCUT2D eigenvalue weighted by molar-refractivity contribution is -0.131. The average molecular weight is 395 g/mol. The summed E-state index contributed by atoms with van der Waals surface area (Å²) in [6, 6.07) is 8.56. The standard InChI is InChI=1S/C14H19IN2O.ClH/c1-17(13-5-7-16-8-6-13)14(18)10-11-3-2-4-12(15)9-11;/h2-4,9,13,16H,5-8,10H2,1H3;1H. The molecule has 0 aliphatic carbocycles. The van der Waals surface area contributed by atoms with Gasteiger partial charge in [-0.3, -0.25) is 4.79 Å². The number of hydrogen-bond acceptors (Lipinski definition) is 2. The summed E-state index contributed by atoms with van der Waals surface area (Å²) in [5, 5.41) is 3.33. The Morgan fingerprint density at radius 3 is 2.74 bits per heavy atom. The first-order valence-corrected chi connectivity index (χ1v) is 7.45. The lowest BCUT2D eigenvalue weighted by Crippen LogP contribution is -2.44. The fraction of sp³-hybridized carbons (Fsp3) is 0.500. The molecule has 0 saturated carbocycles. The zero-order chi connectivity index (χ0) is 13.0. The second-order valence-electron chi connectivity index (χ2n) is 4.79. The molecule has 3 nitrogen and oxygen atoms in total. The van der Waals surface area contributed by atoms with Crippen molar-refractivity contribution in [1.82, 2.24) is 10.2 Å². The summed E-state index contributed by atoms with van der Waals surface area (Å²) < 4.78 is 1.18. The number of likely N-dealkylation sites (N-methyl/N-ethyl adjacent to an activating group) is 1. The Bertz CT molecular complexity index is 422. The van der Waals surface area contributed by atoms with Gasteiger partial charge in [-0.2, -0.15) is 0 Å². The van der Waals surface area contributed by atoms with E-state index < -0.39 is 0 Å². The van der Waals surface area contributed by atoms with Gasteiger partial charge in [0.1, 0.15) is 0 Å². The van der Waals surface area contributed by atoms with Crippen molar-refractivity contribution in [3.05, 3.63) is 33.4 Å². The van der Waals surface area contributed by atoms with Crippen LogP contribution in [0.4, 0.5) is 0 Å². The maximum atomic E-state index is 12.2. The Kier molecular flexibility index (Phi) is 7.10. The van der Waals surface area contributed by atoms with Crippen LogP contribution in [0.15, 0.2) is 24.3 Å². The lowest BCUT2D eigenvalue weighted by atomic mass is 10.0. The van der Waals surface area contributed by atoms with E-state index in [2.05, 4.69) is 34.0 Å². The van der Waals surface area contributed by atoms with Crippen LogP contribution in [0.1, 0.15) is 18.4 Å². The fourth-order valence-electron chi connectivity index (χ4n) is 2.34. The Labute approximate surface area is 134 Å². The highest BCUT2D eigenvalue weighted by molar-refractivity contribution is 14.1. The number of benzene rings is 1. The molecule has 1 aromatic rings. The van der Waals surface area contributed by atoms with Gasteiger partial charge in [0.2, 0.25) is 5.91 Å². The molecule has 0 spiro atoms. The largest absolute Gasteiger partial charge is 0.342 e. The summed E-state index contributed by atoms with van der Waals surface area (Å²) in [5.41, 5.74) is 1.10. The molecule has 1 N–H and O–H groups in total. The van der Waals surface area contributed by atoms with Gasteiger partial charge in [-0.05, 0) is 66.2 Å². The van der Waals surface area contributed by atoms with Gasteiger partial charge in [-0.25, -0.2) is 0 Å². The summed E-state index contributed by atoms with van der Waals surface area (Å²) >= 11 is 2.28. The van der Waals surface area contributed by atoms with Gasteiger partial charge in [0, 0.05) is 16.7 Å². The molecule has 1 heterocycles. The molecule has 0 atom stereocenters. The molecule has 1 saturated heterocycles. The topological polar surface area (TPSA) is 32.3 Å². The number of nitrogens with zero attached hydrogens (tertiary/aromatic N) is 1. The molecule has 1 aliphatic heterocycles. The summed E-state index contributed by atoms with van der Waals surface area (Å²) in [6.45, 7) is 2.04. The quantitative estimate of drug-likeness (QED) is 0.799. The Hall–Kier alpha value is -0.330. The van der Waals surface area contributed by atoms with E-state index in [0.717, 1.165) is 31.5 Å². The molecule has 1 fully saturated rings. The SMILES string of the molecule is CN(C(=O)Cc1cccc(I)c1)C1CCNCC1.Cl. The van der Waals surface area contributed by atoms with Crippen LogP contribution in [-0.4, -0.2) is 37.0 Å². The predicted molar refractivity (Wildman–Crippen MR) is 88.8 cm³/mol. The minimum atomic E-state index is 0. The third-order valence-electron chi connectivity index (χ3n) is 3.49. The van der Waals surface area contributed by atoms with Gasteiger partial charge >= 0.3 is 0 Å². The van der Waals surface area contributed by atoms with Crippen molar-refractivity contribution in [2.75, 3.05) is 20.1 Å². The smallest absolute Gasteiger partial charge is 0.226 e. The zero-order valence-electron chi connectivity index (χ0n) is 11.1. The summed E-state index contributed by atoms with van der Waals surface area (Å²) in [7, 11) is 1.94. The van der Waals surface area contributed by atoms with Crippen LogP contribution >= 0.6 is 35.0 Å². The summed E-state index contributed by atoms with van der Waals surface area (Å²) in [5.74, 6) is 0.226.